The van der Waals surface area contributed by atoms with Gasteiger partial charge in [-0.1, -0.05) is 6.07 Å². The van der Waals surface area contributed by atoms with Gasteiger partial charge < -0.3 is 0 Å². The maximum atomic E-state index is 11.0. The molecule has 0 saturated carbocycles. The highest BCUT2D eigenvalue weighted by Gasteiger charge is 2.14. The normalized spacial score (nSPS) is 10.4. The van der Waals surface area contributed by atoms with Crippen LogP contribution < -0.4 is 0 Å². The van der Waals surface area contributed by atoms with E-state index >= 15 is 0 Å². The molecule has 0 heterocycles. The lowest BCUT2D eigenvalue weighted by Crippen LogP contribution is -1.84. The lowest BCUT2D eigenvalue weighted by molar-refractivity contribution is 0.109. The summed E-state index contributed by atoms with van der Waals surface area (Å²) < 4.78 is 1.74. The van der Waals surface area contributed by atoms with Crippen molar-refractivity contribution in [1.29, 1.82) is 0 Å². The number of hydrogen-bond acceptors (Lipinski definition) is 2. The molecule has 4 heteroatoms. The second-order valence-corrected chi connectivity index (χ2v) is 5.00. The Morgan fingerprint density at radius 2 is 1.69 bits per heavy atom. The first-order chi connectivity index (χ1) is 7.67. The Bertz CT molecular complexity index is 549. The third kappa shape index (κ3) is 1.83. The van der Waals surface area contributed by atoms with Gasteiger partial charge in [-0.15, -0.1) is 0 Å². The summed E-state index contributed by atoms with van der Waals surface area (Å²) in [7, 11) is 0. The van der Waals surface area contributed by atoms with Gasteiger partial charge in [-0.2, -0.15) is 0 Å². The first-order valence-corrected chi connectivity index (χ1v) is 6.08. The Morgan fingerprint density at radius 3 is 2.31 bits per heavy atom. The number of hydrogen-bond donors (Lipinski definition) is 0. The Labute approximate surface area is 109 Å². The van der Waals surface area contributed by atoms with Gasteiger partial charge in [-0.25, -0.2) is 0 Å². The van der Waals surface area contributed by atoms with E-state index < -0.39 is 0 Å². The average Bonchev–Trinajstić information content (AvgIpc) is 2.56. The molecule has 0 aromatic rings. The summed E-state index contributed by atoms with van der Waals surface area (Å²) in [5.41, 5.74) is 2.51. The van der Waals surface area contributed by atoms with Gasteiger partial charge in [-0.3, -0.25) is 9.59 Å². The van der Waals surface area contributed by atoms with E-state index in [-0.39, 0.29) is 0 Å². The molecule has 0 radical (unpaired) electrons. The van der Waals surface area contributed by atoms with Crippen molar-refractivity contribution in [1.82, 2.24) is 0 Å². The van der Waals surface area contributed by atoms with Gasteiger partial charge in [0.15, 0.2) is 12.6 Å². The topological polar surface area (TPSA) is 34.1 Å². The first-order valence-electron chi connectivity index (χ1n) is 4.49. The van der Waals surface area contributed by atoms with Gasteiger partial charge in [0.05, 0.1) is 0 Å². The predicted molar refractivity (Wildman–Crippen MR) is 69.2 cm³/mol. The van der Waals surface area contributed by atoms with E-state index in [0.29, 0.717) is 23.7 Å². The molecule has 0 amide bonds. The highest BCUT2D eigenvalue weighted by molar-refractivity contribution is 9.13. The summed E-state index contributed by atoms with van der Waals surface area (Å²) in [4.78, 5) is 21.8. The molecule has 80 valence electrons. The van der Waals surface area contributed by atoms with Crippen molar-refractivity contribution < 1.29 is 9.59 Å². The van der Waals surface area contributed by atoms with Crippen molar-refractivity contribution in [3.8, 4) is 11.1 Å². The van der Waals surface area contributed by atoms with Gasteiger partial charge in [0.25, 0.3) is 0 Å². The smallest absolute Gasteiger partial charge is 0.151 e. The van der Waals surface area contributed by atoms with Crippen LogP contribution in [0.5, 0.6) is 0 Å². The molecule has 0 aromatic carbocycles. The fraction of sp³-hybridized carbons (Fsp3) is 0. The predicted octanol–water partition coefficient (Wildman–Crippen LogP) is 3.94. The Hall–Kier alpha value is -1.00. The summed E-state index contributed by atoms with van der Waals surface area (Å²) in [6, 6.07) is 7.28. The standard InChI is InChI=1S/C12H6Br2O2/c13-11-2-1-7-3-8(5-15)10(6-16)9(7)4-12(11)14/h1-6H. The van der Waals surface area contributed by atoms with Crippen molar-refractivity contribution in [2.75, 3.05) is 0 Å². The summed E-state index contributed by atoms with van der Waals surface area (Å²) in [5.74, 6) is 0. The molecule has 0 N–H and O–H groups in total. The zero-order chi connectivity index (χ0) is 11.7. The van der Waals surface area contributed by atoms with Crippen LogP contribution in [0.15, 0.2) is 33.2 Å². The third-order valence-electron chi connectivity index (χ3n) is 2.38. The molecule has 0 fully saturated rings. The Morgan fingerprint density at radius 1 is 0.938 bits per heavy atom. The fourth-order valence-corrected chi connectivity index (χ4v) is 2.21. The van der Waals surface area contributed by atoms with E-state index in [9.17, 15) is 9.59 Å². The molecule has 0 aliphatic heterocycles. The quantitative estimate of drug-likeness (QED) is 0.775. The van der Waals surface area contributed by atoms with Crippen molar-refractivity contribution in [3.63, 3.8) is 0 Å². The number of rotatable bonds is 2. The van der Waals surface area contributed by atoms with Crippen LogP contribution >= 0.6 is 31.9 Å². The number of aldehydes is 2. The van der Waals surface area contributed by atoms with Gasteiger partial charge in [0, 0.05) is 20.1 Å². The molecule has 2 nitrogen and oxygen atoms in total. The van der Waals surface area contributed by atoms with Crippen LogP contribution in [0.1, 0.15) is 20.7 Å². The molecular formula is C12H6Br2O2. The minimum atomic E-state index is 0.430. The van der Waals surface area contributed by atoms with Crippen LogP contribution in [0.3, 0.4) is 0 Å². The summed E-state index contributed by atoms with van der Waals surface area (Å²) in [6.45, 7) is 0. The second-order valence-electron chi connectivity index (χ2n) is 3.29. The Balaban J connectivity index is 2.84. The van der Waals surface area contributed by atoms with E-state index in [0.717, 1.165) is 20.1 Å². The second kappa shape index (κ2) is 4.47. The molecule has 2 aliphatic rings. The number of carbonyl (C=O) groups is 2. The summed E-state index contributed by atoms with van der Waals surface area (Å²) >= 11 is 6.78. The third-order valence-corrected chi connectivity index (χ3v) is 4.26. The molecule has 2 aliphatic carbocycles. The molecule has 0 aromatic heterocycles. The highest BCUT2D eigenvalue weighted by Crippen LogP contribution is 2.34. The van der Waals surface area contributed by atoms with Crippen LogP contribution in [0.25, 0.3) is 11.1 Å². The maximum absolute atomic E-state index is 11.0. The fourth-order valence-electron chi connectivity index (χ4n) is 1.60. The number of carbonyl (C=O) groups excluding carboxylic acids is 2. The van der Waals surface area contributed by atoms with E-state index in [4.69, 9.17) is 0 Å². The molecule has 0 atom stereocenters. The zero-order valence-electron chi connectivity index (χ0n) is 8.04. The van der Waals surface area contributed by atoms with E-state index in [1.54, 1.807) is 6.07 Å². The van der Waals surface area contributed by atoms with E-state index in [2.05, 4.69) is 31.9 Å². The molecular weight excluding hydrogens is 336 g/mol. The summed E-state index contributed by atoms with van der Waals surface area (Å²) in [6.07, 6.45) is 1.42. The van der Waals surface area contributed by atoms with Crippen LogP contribution in [0, 0.1) is 0 Å². The largest absolute Gasteiger partial charge is 0.298 e. The lowest BCUT2D eigenvalue weighted by Gasteiger charge is -1.93. The molecule has 0 unspecified atom stereocenters. The summed E-state index contributed by atoms with van der Waals surface area (Å²) in [5, 5.41) is 0. The lowest BCUT2D eigenvalue weighted by atomic mass is 10.1. The Kier molecular flexibility index (Phi) is 3.21. The molecule has 16 heavy (non-hydrogen) atoms. The zero-order valence-corrected chi connectivity index (χ0v) is 11.2. The van der Waals surface area contributed by atoms with Crippen molar-refractivity contribution in [2.45, 2.75) is 0 Å². The van der Waals surface area contributed by atoms with Gasteiger partial charge >= 0.3 is 0 Å². The minimum absolute atomic E-state index is 0.430. The minimum Gasteiger partial charge on any atom is -0.298 e. The average molecular weight is 342 g/mol. The van der Waals surface area contributed by atoms with Crippen LogP contribution in [-0.2, 0) is 0 Å². The van der Waals surface area contributed by atoms with Crippen molar-refractivity contribution in [2.24, 2.45) is 0 Å². The molecule has 0 bridgehead atoms. The molecule has 0 spiro atoms. The van der Waals surface area contributed by atoms with E-state index in [1.165, 1.54) is 0 Å². The molecule has 0 saturated heterocycles. The maximum Gasteiger partial charge on any atom is 0.151 e. The first kappa shape index (κ1) is 11.5. The highest BCUT2D eigenvalue weighted by atomic mass is 79.9. The SMILES string of the molecule is O=Cc1cc2ccc(Br)c(Br)cc-2c1C=O. The monoisotopic (exact) mass is 340 g/mol. The number of fused-ring (bicyclic) bond motifs is 1. The van der Waals surface area contributed by atoms with Crippen LogP contribution in [-0.4, -0.2) is 12.6 Å². The van der Waals surface area contributed by atoms with Crippen LogP contribution in [0.2, 0.25) is 0 Å². The van der Waals surface area contributed by atoms with Crippen molar-refractivity contribution >= 4 is 44.4 Å². The van der Waals surface area contributed by atoms with Gasteiger partial charge in [-0.05, 0) is 61.2 Å². The van der Waals surface area contributed by atoms with Crippen molar-refractivity contribution in [3.05, 3.63) is 44.3 Å². The van der Waals surface area contributed by atoms with Gasteiger partial charge in [0.2, 0.25) is 0 Å². The van der Waals surface area contributed by atoms with Crippen LogP contribution in [0.4, 0.5) is 0 Å². The molecule has 2 rings (SSSR count). The van der Waals surface area contributed by atoms with E-state index in [1.807, 2.05) is 18.2 Å². The number of halogens is 2. The van der Waals surface area contributed by atoms with Gasteiger partial charge in [0.1, 0.15) is 0 Å².